The highest BCUT2D eigenvalue weighted by atomic mass is 16.4. The molecule has 8 nitrogen and oxygen atoms in total. The van der Waals surface area contributed by atoms with E-state index < -0.39 is 23.8 Å². The Kier molecular flexibility index (Phi) is 4.81. The summed E-state index contributed by atoms with van der Waals surface area (Å²) >= 11 is 0. The van der Waals surface area contributed by atoms with E-state index in [0.717, 1.165) is 0 Å². The van der Waals surface area contributed by atoms with Crippen LogP contribution in [0, 0.1) is 0 Å². The fourth-order valence-electron chi connectivity index (χ4n) is 1.17. The van der Waals surface area contributed by atoms with Gasteiger partial charge < -0.3 is 20.7 Å². The Hall–Kier alpha value is -2.64. The van der Waals surface area contributed by atoms with Crippen LogP contribution in [0.4, 0.5) is 0 Å². The van der Waals surface area contributed by atoms with E-state index in [1.165, 1.54) is 25.3 Å². The molecule has 1 heterocycles. The molecule has 1 atom stereocenters. The molecule has 0 bridgehead atoms. The number of aliphatic carboxylic acids is 1. The fraction of sp³-hybridized carbons (Fsp3) is 0.273. The minimum Gasteiger partial charge on any atom is -0.480 e. The number of H-pyrrole nitrogens is 1. The van der Waals surface area contributed by atoms with Crippen LogP contribution >= 0.6 is 0 Å². The highest BCUT2D eigenvalue weighted by Crippen LogP contribution is 1.92. The van der Waals surface area contributed by atoms with Crippen LogP contribution in [0.5, 0.6) is 0 Å². The van der Waals surface area contributed by atoms with Crippen LogP contribution in [0.15, 0.2) is 23.1 Å². The summed E-state index contributed by atoms with van der Waals surface area (Å²) in [5.74, 6) is -2.33. The van der Waals surface area contributed by atoms with E-state index in [0.29, 0.717) is 0 Å². The molecule has 4 N–H and O–H groups in total. The second-order valence-corrected chi connectivity index (χ2v) is 3.75. The number of aromatic amines is 1. The van der Waals surface area contributed by atoms with Gasteiger partial charge in [-0.2, -0.15) is 0 Å². The van der Waals surface area contributed by atoms with Crippen molar-refractivity contribution in [1.29, 1.82) is 0 Å². The lowest BCUT2D eigenvalue weighted by atomic mass is 10.2. The molecule has 8 heteroatoms. The third-order valence-corrected chi connectivity index (χ3v) is 2.20. The lowest BCUT2D eigenvalue weighted by molar-refractivity contribution is -0.141. The third-order valence-electron chi connectivity index (χ3n) is 2.20. The smallest absolute Gasteiger partial charge is 0.325 e. The topological polar surface area (TPSA) is 128 Å². The highest BCUT2D eigenvalue weighted by molar-refractivity contribution is 5.96. The number of carboxylic acids is 1. The van der Waals surface area contributed by atoms with Gasteiger partial charge in [-0.1, -0.05) is 0 Å². The van der Waals surface area contributed by atoms with Gasteiger partial charge in [0.05, 0.1) is 12.1 Å². The van der Waals surface area contributed by atoms with Crippen LogP contribution in [-0.4, -0.2) is 40.5 Å². The van der Waals surface area contributed by atoms with E-state index >= 15 is 0 Å². The van der Waals surface area contributed by atoms with Gasteiger partial charge in [-0.25, -0.2) is 0 Å². The largest absolute Gasteiger partial charge is 0.480 e. The average molecular weight is 267 g/mol. The number of rotatable bonds is 5. The summed E-state index contributed by atoms with van der Waals surface area (Å²) in [5.41, 5.74) is -0.150. The van der Waals surface area contributed by atoms with E-state index in [1.807, 2.05) is 0 Å². The first kappa shape index (κ1) is 14.4. The number of aromatic nitrogens is 1. The van der Waals surface area contributed by atoms with Gasteiger partial charge in [0.25, 0.3) is 5.91 Å². The van der Waals surface area contributed by atoms with Gasteiger partial charge in [-0.15, -0.1) is 0 Å². The predicted molar refractivity (Wildman–Crippen MR) is 64.6 cm³/mol. The van der Waals surface area contributed by atoms with Gasteiger partial charge in [0.2, 0.25) is 11.5 Å². The maximum Gasteiger partial charge on any atom is 0.325 e. The van der Waals surface area contributed by atoms with Crippen molar-refractivity contribution in [3.8, 4) is 0 Å². The molecule has 1 aromatic rings. The minimum absolute atomic E-state index is 0.193. The number of carboxylic acid groups (broad SMARTS) is 1. The second-order valence-electron chi connectivity index (χ2n) is 3.75. The van der Waals surface area contributed by atoms with Crippen LogP contribution in [0.1, 0.15) is 17.3 Å². The molecule has 0 saturated carbocycles. The zero-order valence-electron chi connectivity index (χ0n) is 10.1. The van der Waals surface area contributed by atoms with Crippen LogP contribution in [0.25, 0.3) is 0 Å². The Morgan fingerprint density at radius 3 is 2.58 bits per heavy atom. The summed E-state index contributed by atoms with van der Waals surface area (Å²) in [6.45, 7) is 0.958. The third kappa shape index (κ3) is 4.62. The quantitative estimate of drug-likeness (QED) is 0.526. The Balaban J connectivity index is 2.46. The number of carbonyl (C=O) groups is 3. The van der Waals surface area contributed by atoms with Gasteiger partial charge >= 0.3 is 5.97 Å². The molecular formula is C11H13N3O5. The first-order valence-corrected chi connectivity index (χ1v) is 5.39. The maximum atomic E-state index is 11.6. The molecule has 2 amide bonds. The molecule has 0 fully saturated rings. The Labute approximate surface area is 107 Å². The van der Waals surface area contributed by atoms with Crippen LogP contribution in [-0.2, 0) is 9.59 Å². The first-order valence-electron chi connectivity index (χ1n) is 5.39. The van der Waals surface area contributed by atoms with Gasteiger partial charge in [0, 0.05) is 12.3 Å². The SMILES string of the molecule is CC(NC(=O)CNC(=O)c1ccc(=O)[nH]c1)C(=O)O. The monoisotopic (exact) mass is 267 g/mol. The molecule has 0 saturated heterocycles. The fourth-order valence-corrected chi connectivity index (χ4v) is 1.17. The molecule has 19 heavy (non-hydrogen) atoms. The van der Waals surface area contributed by atoms with Gasteiger partial charge in [0.1, 0.15) is 6.04 Å². The average Bonchev–Trinajstić information content (AvgIpc) is 2.36. The van der Waals surface area contributed by atoms with E-state index in [-0.39, 0.29) is 17.7 Å². The molecule has 1 unspecified atom stereocenters. The predicted octanol–water partition coefficient (Wildman–Crippen LogP) is -1.31. The van der Waals surface area contributed by atoms with Gasteiger partial charge in [-0.05, 0) is 13.0 Å². The number of carbonyl (C=O) groups excluding carboxylic acids is 2. The van der Waals surface area contributed by atoms with E-state index in [4.69, 9.17) is 5.11 Å². The van der Waals surface area contributed by atoms with Crippen LogP contribution in [0.2, 0.25) is 0 Å². The molecule has 0 aliphatic rings. The molecular weight excluding hydrogens is 254 g/mol. The van der Waals surface area contributed by atoms with Crippen molar-refractivity contribution in [2.75, 3.05) is 6.54 Å². The number of hydrogen-bond donors (Lipinski definition) is 4. The lowest BCUT2D eigenvalue weighted by Gasteiger charge is -2.09. The van der Waals surface area contributed by atoms with Crippen LogP contribution in [0.3, 0.4) is 0 Å². The molecule has 0 radical (unpaired) electrons. The normalized spacial score (nSPS) is 11.4. The molecule has 0 aliphatic carbocycles. The number of pyridine rings is 1. The summed E-state index contributed by atoms with van der Waals surface area (Å²) in [6.07, 6.45) is 1.22. The molecule has 0 aromatic carbocycles. The van der Waals surface area contributed by atoms with E-state index in [1.54, 1.807) is 0 Å². The van der Waals surface area contributed by atoms with E-state index in [2.05, 4.69) is 15.6 Å². The molecule has 0 spiro atoms. The summed E-state index contributed by atoms with van der Waals surface area (Å²) in [7, 11) is 0. The van der Waals surface area contributed by atoms with Crippen molar-refractivity contribution < 1.29 is 19.5 Å². The Morgan fingerprint density at radius 1 is 1.37 bits per heavy atom. The second kappa shape index (κ2) is 6.34. The molecule has 1 aromatic heterocycles. The van der Waals surface area contributed by atoms with Gasteiger partial charge in [-0.3, -0.25) is 19.2 Å². The summed E-state index contributed by atoms with van der Waals surface area (Å²) in [4.78, 5) is 46.5. The number of amides is 2. The molecule has 102 valence electrons. The highest BCUT2D eigenvalue weighted by Gasteiger charge is 2.14. The van der Waals surface area contributed by atoms with Crippen molar-refractivity contribution >= 4 is 17.8 Å². The standard InChI is InChI=1S/C11H13N3O5/c1-6(11(18)19)14-9(16)5-13-10(17)7-2-3-8(15)12-4-7/h2-4,6H,5H2,1H3,(H,12,15)(H,13,17)(H,14,16)(H,18,19). The zero-order valence-corrected chi connectivity index (χ0v) is 10.1. The zero-order chi connectivity index (χ0) is 14.4. The minimum atomic E-state index is -1.17. The van der Waals surface area contributed by atoms with Gasteiger partial charge in [0.15, 0.2) is 0 Å². The first-order chi connectivity index (χ1) is 8.90. The maximum absolute atomic E-state index is 11.6. The van der Waals surface area contributed by atoms with Crippen molar-refractivity contribution in [2.45, 2.75) is 13.0 Å². The Bertz CT molecular complexity index is 531. The Morgan fingerprint density at radius 2 is 2.05 bits per heavy atom. The summed E-state index contributed by atoms with van der Waals surface area (Å²) in [6, 6.07) is 1.46. The molecule has 0 aliphatic heterocycles. The van der Waals surface area contributed by atoms with Crippen molar-refractivity contribution in [1.82, 2.24) is 15.6 Å². The number of nitrogens with one attached hydrogen (secondary N) is 3. The summed E-state index contributed by atoms with van der Waals surface area (Å²) < 4.78 is 0. The summed E-state index contributed by atoms with van der Waals surface area (Å²) in [5, 5.41) is 13.1. The van der Waals surface area contributed by atoms with Crippen molar-refractivity contribution in [3.05, 3.63) is 34.2 Å². The lowest BCUT2D eigenvalue weighted by Crippen LogP contribution is -2.44. The van der Waals surface area contributed by atoms with Crippen molar-refractivity contribution in [3.63, 3.8) is 0 Å². The molecule has 1 rings (SSSR count). The number of hydrogen-bond acceptors (Lipinski definition) is 4. The van der Waals surface area contributed by atoms with Crippen molar-refractivity contribution in [2.24, 2.45) is 0 Å². The van der Waals surface area contributed by atoms with Crippen LogP contribution < -0.4 is 16.2 Å². The van der Waals surface area contributed by atoms with E-state index in [9.17, 15) is 19.2 Å².